The Balaban J connectivity index is 1.37. The average Bonchev–Trinajstić information content (AvgIpc) is 3.03. The van der Waals surface area contributed by atoms with Gasteiger partial charge in [0.1, 0.15) is 5.75 Å². The van der Waals surface area contributed by atoms with E-state index in [1.54, 1.807) is 61.7 Å². The predicted molar refractivity (Wildman–Crippen MR) is 176 cm³/mol. The molecule has 4 aromatic rings. The summed E-state index contributed by atoms with van der Waals surface area (Å²) >= 11 is 0. The van der Waals surface area contributed by atoms with Crippen LogP contribution in [0.2, 0.25) is 0 Å². The number of carbonyl (C=O) groups excluding carboxylic acids is 2. The highest BCUT2D eigenvalue weighted by molar-refractivity contribution is 6.05. The van der Waals surface area contributed by atoms with Crippen molar-refractivity contribution in [3.8, 4) is 17.0 Å². The van der Waals surface area contributed by atoms with Crippen molar-refractivity contribution in [3.63, 3.8) is 0 Å². The Morgan fingerprint density at radius 3 is 2.33 bits per heavy atom. The van der Waals surface area contributed by atoms with E-state index in [-0.39, 0.29) is 28.6 Å². The zero-order valence-electron chi connectivity index (χ0n) is 26.6. The molecule has 3 aromatic carbocycles. The summed E-state index contributed by atoms with van der Waals surface area (Å²) in [7, 11) is 3.27. The number of anilines is 3. The second-order valence-corrected chi connectivity index (χ2v) is 12.1. The Bertz CT molecular complexity index is 1780. The van der Waals surface area contributed by atoms with Crippen molar-refractivity contribution in [2.45, 2.75) is 33.1 Å². The molecular formula is C35H39N5O5. The van der Waals surface area contributed by atoms with Gasteiger partial charge >= 0.3 is 0 Å². The molecule has 2 heterocycles. The molecule has 0 radical (unpaired) electrons. The van der Waals surface area contributed by atoms with Crippen LogP contribution < -0.4 is 20.9 Å². The molecule has 0 spiro atoms. The molecule has 1 aliphatic rings. The summed E-state index contributed by atoms with van der Waals surface area (Å²) in [5, 5.41) is 6.13. The van der Waals surface area contributed by atoms with Gasteiger partial charge in [-0.3, -0.25) is 14.4 Å². The molecular weight excluding hydrogens is 570 g/mol. The zero-order chi connectivity index (χ0) is 32.3. The molecule has 1 aliphatic heterocycles. The second kappa shape index (κ2) is 13.0. The van der Waals surface area contributed by atoms with E-state index in [9.17, 15) is 14.4 Å². The van der Waals surface area contributed by atoms with Crippen LogP contribution in [0.3, 0.4) is 0 Å². The van der Waals surface area contributed by atoms with Gasteiger partial charge in [0.15, 0.2) is 5.82 Å². The van der Waals surface area contributed by atoms with Crippen LogP contribution >= 0.6 is 0 Å². The highest BCUT2D eigenvalue weighted by atomic mass is 16.5. The van der Waals surface area contributed by atoms with Crippen molar-refractivity contribution in [1.29, 1.82) is 0 Å². The van der Waals surface area contributed by atoms with Gasteiger partial charge in [0.2, 0.25) is 0 Å². The van der Waals surface area contributed by atoms with Crippen molar-refractivity contribution >= 4 is 29.0 Å². The number of hydrogen-bond acceptors (Lipinski definition) is 7. The van der Waals surface area contributed by atoms with E-state index in [0.717, 1.165) is 16.7 Å². The summed E-state index contributed by atoms with van der Waals surface area (Å²) in [6.45, 7) is 10.4. The lowest BCUT2D eigenvalue weighted by Gasteiger charge is -2.26. The number of ether oxygens (including phenoxy) is 2. The van der Waals surface area contributed by atoms with Crippen molar-refractivity contribution in [1.82, 2.24) is 14.5 Å². The van der Waals surface area contributed by atoms with Crippen LogP contribution in [0.5, 0.6) is 5.75 Å². The van der Waals surface area contributed by atoms with Crippen LogP contribution in [0.25, 0.3) is 11.3 Å². The highest BCUT2D eigenvalue weighted by Gasteiger charge is 2.22. The van der Waals surface area contributed by atoms with Gasteiger partial charge in [-0.25, -0.2) is 4.98 Å². The average molecular weight is 610 g/mol. The molecule has 5 rings (SSSR count). The van der Waals surface area contributed by atoms with E-state index < -0.39 is 0 Å². The lowest BCUT2D eigenvalue weighted by atomic mass is 9.85. The number of benzene rings is 3. The Morgan fingerprint density at radius 1 is 0.978 bits per heavy atom. The number of nitrogens with zero attached hydrogens (tertiary/aromatic N) is 3. The Kier molecular flexibility index (Phi) is 9.06. The number of carbonyl (C=O) groups is 2. The molecule has 0 aliphatic carbocycles. The molecule has 0 bridgehead atoms. The molecule has 10 heteroatoms. The lowest BCUT2D eigenvalue weighted by molar-refractivity contribution is 0.0303. The van der Waals surface area contributed by atoms with Gasteiger partial charge in [-0.15, -0.1) is 0 Å². The Morgan fingerprint density at radius 2 is 1.67 bits per heavy atom. The SMILES string of the molecule is COc1cc(C(=O)Nc2cccc(-c3cn(C)c(=O)c(Nc4ccc(C(=O)N5CCOCC5)cc4)n3)c2C)ccc1C(C)(C)C. The van der Waals surface area contributed by atoms with E-state index in [0.29, 0.717) is 60.2 Å². The van der Waals surface area contributed by atoms with Gasteiger partial charge in [-0.05, 0) is 65.9 Å². The molecule has 2 amide bonds. The van der Waals surface area contributed by atoms with Crippen molar-refractivity contribution in [2.24, 2.45) is 7.05 Å². The summed E-state index contributed by atoms with van der Waals surface area (Å²) in [4.78, 5) is 45.6. The van der Waals surface area contributed by atoms with Crippen LogP contribution in [0.15, 0.2) is 71.7 Å². The topological polar surface area (TPSA) is 115 Å². The maximum absolute atomic E-state index is 13.3. The number of aryl methyl sites for hydroxylation is 1. The maximum Gasteiger partial charge on any atom is 0.293 e. The molecule has 45 heavy (non-hydrogen) atoms. The first-order chi connectivity index (χ1) is 21.5. The van der Waals surface area contributed by atoms with Crippen LogP contribution in [-0.4, -0.2) is 59.7 Å². The van der Waals surface area contributed by atoms with E-state index in [4.69, 9.17) is 9.47 Å². The molecule has 0 atom stereocenters. The molecule has 0 unspecified atom stereocenters. The summed E-state index contributed by atoms with van der Waals surface area (Å²) in [5.41, 5.74) is 5.00. The van der Waals surface area contributed by atoms with Gasteiger partial charge in [-0.2, -0.15) is 0 Å². The smallest absolute Gasteiger partial charge is 0.293 e. The summed E-state index contributed by atoms with van der Waals surface area (Å²) in [5.74, 6) is 0.486. The van der Waals surface area contributed by atoms with Gasteiger partial charge < -0.3 is 29.6 Å². The molecule has 234 valence electrons. The third-order valence-electron chi connectivity index (χ3n) is 7.89. The van der Waals surface area contributed by atoms with Crippen LogP contribution in [0.4, 0.5) is 17.2 Å². The Labute approximate surface area is 263 Å². The minimum atomic E-state index is -0.304. The van der Waals surface area contributed by atoms with Crippen LogP contribution in [-0.2, 0) is 17.2 Å². The fourth-order valence-electron chi connectivity index (χ4n) is 5.29. The van der Waals surface area contributed by atoms with Crippen molar-refractivity contribution in [2.75, 3.05) is 44.0 Å². The predicted octanol–water partition coefficient (Wildman–Crippen LogP) is 5.53. The van der Waals surface area contributed by atoms with Crippen molar-refractivity contribution in [3.05, 3.63) is 99.5 Å². The second-order valence-electron chi connectivity index (χ2n) is 12.1. The van der Waals surface area contributed by atoms with Gasteiger partial charge in [-0.1, -0.05) is 39.0 Å². The van der Waals surface area contributed by atoms with Gasteiger partial charge in [0.05, 0.1) is 26.0 Å². The van der Waals surface area contributed by atoms with Crippen LogP contribution in [0, 0.1) is 6.92 Å². The molecule has 1 fully saturated rings. The molecule has 1 saturated heterocycles. The van der Waals surface area contributed by atoms with E-state index >= 15 is 0 Å². The number of hydrogen-bond donors (Lipinski definition) is 2. The fourth-order valence-corrected chi connectivity index (χ4v) is 5.29. The summed E-state index contributed by atoms with van der Waals surface area (Å²) < 4.78 is 12.4. The third kappa shape index (κ3) is 6.91. The van der Waals surface area contributed by atoms with Crippen molar-refractivity contribution < 1.29 is 19.1 Å². The quantitative estimate of drug-likeness (QED) is 0.283. The first-order valence-corrected chi connectivity index (χ1v) is 14.9. The summed E-state index contributed by atoms with van der Waals surface area (Å²) in [6.07, 6.45) is 1.67. The maximum atomic E-state index is 13.3. The first-order valence-electron chi connectivity index (χ1n) is 14.9. The number of nitrogens with one attached hydrogen (secondary N) is 2. The summed E-state index contributed by atoms with van der Waals surface area (Å²) in [6, 6.07) is 18.0. The molecule has 10 nitrogen and oxygen atoms in total. The van der Waals surface area contributed by atoms with E-state index in [1.165, 1.54) is 4.57 Å². The number of aromatic nitrogens is 2. The van der Waals surface area contributed by atoms with Gasteiger partial charge in [0, 0.05) is 54.4 Å². The largest absolute Gasteiger partial charge is 0.496 e. The van der Waals surface area contributed by atoms with E-state index in [1.807, 2.05) is 31.2 Å². The Hall–Kier alpha value is -4.96. The van der Waals surface area contributed by atoms with E-state index in [2.05, 4.69) is 36.4 Å². The number of methoxy groups -OCH3 is 1. The molecule has 0 saturated carbocycles. The normalized spacial score (nSPS) is 13.3. The third-order valence-corrected chi connectivity index (χ3v) is 7.89. The molecule has 2 N–H and O–H groups in total. The minimum absolute atomic E-state index is 0.0515. The standard InChI is InChI=1S/C35H39N5O5/c1-22-26(8-7-9-28(22)38-32(41)24-12-15-27(35(2,3)4)30(20-24)44-6)29-21-39(5)34(43)31(37-29)36-25-13-10-23(11-14-25)33(42)40-16-18-45-19-17-40/h7-15,20-21H,16-19H2,1-6H3,(H,36,37)(H,38,41). The fraction of sp³-hybridized carbons (Fsp3) is 0.314. The van der Waals surface area contributed by atoms with Gasteiger partial charge in [0.25, 0.3) is 17.4 Å². The number of amides is 2. The number of rotatable bonds is 7. The highest BCUT2D eigenvalue weighted by Crippen LogP contribution is 2.33. The monoisotopic (exact) mass is 609 g/mol. The first kappa shape index (κ1) is 31.5. The molecule has 1 aromatic heterocycles. The minimum Gasteiger partial charge on any atom is -0.496 e. The number of morpholine rings is 1. The lowest BCUT2D eigenvalue weighted by Crippen LogP contribution is -2.40. The zero-order valence-corrected chi connectivity index (χ0v) is 26.6. The van der Waals surface area contributed by atoms with Crippen LogP contribution in [0.1, 0.15) is 52.6 Å².